The van der Waals surface area contributed by atoms with Crippen LogP contribution in [0.5, 0.6) is 0 Å². The van der Waals surface area contributed by atoms with Crippen LogP contribution in [0, 0.1) is 18.8 Å². The number of aliphatic carboxylic acids is 1. The first-order valence-corrected chi connectivity index (χ1v) is 8.47. The van der Waals surface area contributed by atoms with E-state index < -0.39 is 29.5 Å². The lowest BCUT2D eigenvalue weighted by Crippen LogP contribution is -2.46. The Morgan fingerprint density at radius 1 is 1.44 bits per heavy atom. The van der Waals surface area contributed by atoms with Gasteiger partial charge >= 0.3 is 0 Å². The molecule has 4 rings (SSSR count). The lowest BCUT2D eigenvalue weighted by atomic mass is 9.74. The standard InChI is InChI=1S/C20H21NO4/c1-11(2)9-15-20-8-7-14(25-20)16(19(23)24)17(20)18(22)21(15)13-6-4-5-12(3)10-13/h4-8,10,14-17H,1,9H2,2-3H3,(H,23,24)/p-1/t14-,15+,16-,17+,20+/m0/s1. The first-order chi connectivity index (χ1) is 11.8. The van der Waals surface area contributed by atoms with Gasteiger partial charge in [-0.3, -0.25) is 4.79 Å². The van der Waals surface area contributed by atoms with Crippen molar-refractivity contribution < 1.29 is 19.4 Å². The number of nitrogens with zero attached hydrogens (tertiary/aromatic N) is 1. The number of anilines is 1. The van der Waals surface area contributed by atoms with Gasteiger partial charge in [-0.05, 0) is 38.0 Å². The number of rotatable bonds is 4. The van der Waals surface area contributed by atoms with Crippen LogP contribution < -0.4 is 10.0 Å². The van der Waals surface area contributed by atoms with Gasteiger partial charge in [0.25, 0.3) is 0 Å². The third kappa shape index (κ3) is 2.12. The second-order valence-corrected chi connectivity index (χ2v) is 7.34. The van der Waals surface area contributed by atoms with Crippen molar-refractivity contribution in [1.82, 2.24) is 0 Å². The second-order valence-electron chi connectivity index (χ2n) is 7.34. The molecule has 2 fully saturated rings. The van der Waals surface area contributed by atoms with Gasteiger partial charge in [-0.25, -0.2) is 0 Å². The van der Waals surface area contributed by atoms with E-state index >= 15 is 0 Å². The molecule has 0 saturated carbocycles. The lowest BCUT2D eigenvalue weighted by Gasteiger charge is -2.33. The van der Waals surface area contributed by atoms with Crippen LogP contribution in [-0.2, 0) is 14.3 Å². The number of carboxylic acid groups (broad SMARTS) is 1. The molecular weight excluding hydrogens is 318 g/mol. The van der Waals surface area contributed by atoms with E-state index in [-0.39, 0.29) is 11.9 Å². The fourth-order valence-electron chi connectivity index (χ4n) is 4.58. The molecule has 0 radical (unpaired) electrons. The molecule has 1 aromatic rings. The quantitative estimate of drug-likeness (QED) is 0.778. The summed E-state index contributed by atoms with van der Waals surface area (Å²) >= 11 is 0. The zero-order chi connectivity index (χ0) is 17.9. The van der Waals surface area contributed by atoms with E-state index in [1.807, 2.05) is 44.2 Å². The van der Waals surface area contributed by atoms with Crippen LogP contribution >= 0.6 is 0 Å². The largest absolute Gasteiger partial charge is 0.550 e. The fraction of sp³-hybridized carbons (Fsp3) is 0.400. The Kier molecular flexibility index (Phi) is 3.41. The van der Waals surface area contributed by atoms with Gasteiger partial charge in [0.2, 0.25) is 5.91 Å². The molecule has 5 heteroatoms. The third-order valence-corrected chi connectivity index (χ3v) is 5.52. The molecule has 1 aromatic carbocycles. The number of hydrogen-bond acceptors (Lipinski definition) is 4. The van der Waals surface area contributed by atoms with Crippen molar-refractivity contribution in [2.75, 3.05) is 4.90 Å². The molecule has 3 heterocycles. The van der Waals surface area contributed by atoms with Gasteiger partial charge in [0, 0.05) is 17.6 Å². The van der Waals surface area contributed by atoms with Gasteiger partial charge in [-0.15, -0.1) is 6.58 Å². The Morgan fingerprint density at radius 2 is 2.20 bits per heavy atom. The van der Waals surface area contributed by atoms with E-state index in [0.29, 0.717) is 6.42 Å². The number of carboxylic acids is 1. The minimum Gasteiger partial charge on any atom is -0.550 e. The summed E-state index contributed by atoms with van der Waals surface area (Å²) in [7, 11) is 0. The van der Waals surface area contributed by atoms with E-state index in [9.17, 15) is 14.7 Å². The SMILES string of the molecule is C=C(C)C[C@H]1N(c2cccc(C)c2)C(=O)[C@H]2[C@@H](C(=O)[O-])[C@@H]3C=C[C@]21O3. The molecule has 3 aliphatic rings. The van der Waals surface area contributed by atoms with E-state index in [4.69, 9.17) is 4.74 Å². The Labute approximate surface area is 146 Å². The highest BCUT2D eigenvalue weighted by molar-refractivity contribution is 6.03. The summed E-state index contributed by atoms with van der Waals surface area (Å²) in [6, 6.07) is 7.35. The molecule has 3 aliphatic heterocycles. The first kappa shape index (κ1) is 16.1. The Hall–Kier alpha value is -2.40. The Bertz CT molecular complexity index is 814. The van der Waals surface area contributed by atoms with Crippen LogP contribution in [-0.4, -0.2) is 29.6 Å². The topological polar surface area (TPSA) is 69.7 Å². The van der Waals surface area contributed by atoms with Crippen molar-refractivity contribution in [1.29, 1.82) is 0 Å². The highest BCUT2D eigenvalue weighted by Gasteiger charge is 2.69. The van der Waals surface area contributed by atoms with Gasteiger partial charge < -0.3 is 19.5 Å². The molecule has 2 saturated heterocycles. The zero-order valence-corrected chi connectivity index (χ0v) is 14.3. The molecule has 0 aromatic heterocycles. The summed E-state index contributed by atoms with van der Waals surface area (Å²) in [5.74, 6) is -3.13. The van der Waals surface area contributed by atoms with Crippen molar-refractivity contribution in [2.45, 2.75) is 38.0 Å². The number of hydrogen-bond donors (Lipinski definition) is 0. The van der Waals surface area contributed by atoms with Gasteiger partial charge in [-0.2, -0.15) is 0 Å². The molecular formula is C20H20NO4-. The number of benzene rings is 1. The van der Waals surface area contributed by atoms with Crippen molar-refractivity contribution in [2.24, 2.45) is 11.8 Å². The molecule has 5 atom stereocenters. The molecule has 1 amide bonds. The average molecular weight is 338 g/mol. The predicted octanol–water partition coefficient (Wildman–Crippen LogP) is 1.37. The number of carbonyl (C=O) groups excluding carboxylic acids is 2. The van der Waals surface area contributed by atoms with E-state index in [1.54, 1.807) is 11.0 Å². The zero-order valence-electron chi connectivity index (χ0n) is 14.3. The van der Waals surface area contributed by atoms with Gasteiger partial charge in [0.15, 0.2) is 0 Å². The summed E-state index contributed by atoms with van der Waals surface area (Å²) in [4.78, 5) is 26.7. The van der Waals surface area contributed by atoms with Gasteiger partial charge in [-0.1, -0.05) is 29.9 Å². The molecule has 130 valence electrons. The van der Waals surface area contributed by atoms with Crippen molar-refractivity contribution >= 4 is 17.6 Å². The Balaban J connectivity index is 1.85. The summed E-state index contributed by atoms with van der Waals surface area (Å²) in [6.45, 7) is 7.86. The normalized spacial score (nSPS) is 35.3. The molecule has 25 heavy (non-hydrogen) atoms. The van der Waals surface area contributed by atoms with E-state index in [2.05, 4.69) is 6.58 Å². The van der Waals surface area contributed by atoms with Crippen molar-refractivity contribution in [3.05, 3.63) is 54.1 Å². The lowest BCUT2D eigenvalue weighted by molar-refractivity contribution is -0.313. The fourth-order valence-corrected chi connectivity index (χ4v) is 4.58. The van der Waals surface area contributed by atoms with E-state index in [1.165, 1.54) is 0 Å². The maximum atomic E-state index is 13.3. The maximum Gasteiger partial charge on any atom is 0.234 e. The van der Waals surface area contributed by atoms with Crippen molar-refractivity contribution in [3.63, 3.8) is 0 Å². The highest BCUT2D eigenvalue weighted by atomic mass is 16.5. The number of amides is 1. The molecule has 1 spiro atoms. The second kappa shape index (κ2) is 5.30. The monoisotopic (exact) mass is 338 g/mol. The molecule has 0 N–H and O–H groups in total. The van der Waals surface area contributed by atoms with Crippen LogP contribution in [0.4, 0.5) is 5.69 Å². The van der Waals surface area contributed by atoms with E-state index in [0.717, 1.165) is 16.8 Å². The number of ether oxygens (including phenoxy) is 1. The first-order valence-electron chi connectivity index (χ1n) is 8.47. The molecule has 0 unspecified atom stereocenters. The van der Waals surface area contributed by atoms with Crippen LogP contribution in [0.2, 0.25) is 0 Å². The number of fused-ring (bicyclic) bond motifs is 1. The predicted molar refractivity (Wildman–Crippen MR) is 90.6 cm³/mol. The van der Waals surface area contributed by atoms with Gasteiger partial charge in [0.1, 0.15) is 5.60 Å². The smallest absolute Gasteiger partial charge is 0.234 e. The van der Waals surface area contributed by atoms with Crippen molar-refractivity contribution in [3.8, 4) is 0 Å². The summed E-state index contributed by atoms with van der Waals surface area (Å²) in [5.41, 5.74) is 1.79. The summed E-state index contributed by atoms with van der Waals surface area (Å²) in [5, 5.41) is 11.7. The van der Waals surface area contributed by atoms with Crippen LogP contribution in [0.25, 0.3) is 0 Å². The average Bonchev–Trinajstić information content (AvgIpc) is 3.16. The molecule has 2 bridgehead atoms. The molecule has 5 nitrogen and oxygen atoms in total. The van der Waals surface area contributed by atoms with Crippen LogP contribution in [0.3, 0.4) is 0 Å². The third-order valence-electron chi connectivity index (χ3n) is 5.52. The summed E-state index contributed by atoms with van der Waals surface area (Å²) < 4.78 is 6.09. The van der Waals surface area contributed by atoms with Gasteiger partial charge in [0.05, 0.1) is 18.1 Å². The maximum absolute atomic E-state index is 13.3. The minimum absolute atomic E-state index is 0.210. The van der Waals surface area contributed by atoms with Crippen LogP contribution in [0.15, 0.2) is 48.6 Å². The summed E-state index contributed by atoms with van der Waals surface area (Å²) in [6.07, 6.45) is 3.59. The highest BCUT2D eigenvalue weighted by Crippen LogP contribution is 2.56. The number of carbonyl (C=O) groups is 2. The Morgan fingerprint density at radius 3 is 2.84 bits per heavy atom. The number of aryl methyl sites for hydroxylation is 1. The van der Waals surface area contributed by atoms with Crippen LogP contribution in [0.1, 0.15) is 18.9 Å². The molecule has 0 aliphatic carbocycles. The minimum atomic E-state index is -1.23.